The summed E-state index contributed by atoms with van der Waals surface area (Å²) in [5.41, 5.74) is 1.10. The number of ether oxygens (including phenoxy) is 2. The molecule has 0 aromatic heterocycles. The molecule has 0 radical (unpaired) electrons. The summed E-state index contributed by atoms with van der Waals surface area (Å²) < 4.78 is 10.9. The van der Waals surface area contributed by atoms with E-state index < -0.39 is 0 Å². The molecule has 144 valence electrons. The molecule has 26 heavy (non-hydrogen) atoms. The molecular formula is C21H33N2O3+. The van der Waals surface area contributed by atoms with Gasteiger partial charge < -0.3 is 19.3 Å². The van der Waals surface area contributed by atoms with Crippen LogP contribution in [0.25, 0.3) is 0 Å². The quantitative estimate of drug-likeness (QED) is 0.845. The molecule has 2 aliphatic rings. The summed E-state index contributed by atoms with van der Waals surface area (Å²) in [6.45, 7) is 12.7. The number of carbonyl (C=O) groups excluding carboxylic acids is 1. The summed E-state index contributed by atoms with van der Waals surface area (Å²) >= 11 is 0. The van der Waals surface area contributed by atoms with Crippen LogP contribution < -0.4 is 14.4 Å². The molecule has 1 saturated heterocycles. The molecule has 2 atom stereocenters. The van der Waals surface area contributed by atoms with Gasteiger partial charge in [0.05, 0.1) is 19.6 Å². The summed E-state index contributed by atoms with van der Waals surface area (Å²) in [4.78, 5) is 16.7. The third-order valence-electron chi connectivity index (χ3n) is 5.37. The van der Waals surface area contributed by atoms with Gasteiger partial charge in [0, 0.05) is 25.8 Å². The molecule has 1 unspecified atom stereocenters. The molecule has 0 aliphatic carbocycles. The number of nitrogens with one attached hydrogen (secondary N) is 1. The molecule has 0 bridgehead atoms. The highest BCUT2D eigenvalue weighted by molar-refractivity contribution is 5.77. The Labute approximate surface area is 157 Å². The van der Waals surface area contributed by atoms with Crippen LogP contribution in [0.2, 0.25) is 0 Å². The van der Waals surface area contributed by atoms with Crippen LogP contribution in [-0.4, -0.2) is 43.3 Å². The summed E-state index contributed by atoms with van der Waals surface area (Å²) in [6.07, 6.45) is 3.05. The summed E-state index contributed by atoms with van der Waals surface area (Å²) in [7, 11) is 0. The minimum absolute atomic E-state index is 0.00278. The van der Waals surface area contributed by atoms with Gasteiger partial charge in [-0.2, -0.15) is 0 Å². The summed E-state index contributed by atoms with van der Waals surface area (Å²) in [6, 6.07) is 6.56. The topological polar surface area (TPSA) is 43.2 Å². The molecule has 1 amide bonds. The summed E-state index contributed by atoms with van der Waals surface area (Å²) in [5, 5.41) is 0. The Morgan fingerprint density at radius 3 is 2.77 bits per heavy atom. The summed E-state index contributed by atoms with van der Waals surface area (Å²) in [5.74, 6) is 1.82. The number of hydrogen-bond donors (Lipinski definition) is 1. The predicted octanol–water partition coefficient (Wildman–Crippen LogP) is 2.25. The number of nitrogens with zero attached hydrogens (tertiary/aromatic N) is 1. The van der Waals surface area contributed by atoms with Crippen LogP contribution >= 0.6 is 0 Å². The SMILES string of the molecule is CC[NH+]1CCC[C@@H]1CN(Cc1ccc2c(c1)OCO2)C(=O)CC(C)(C)C. The monoisotopic (exact) mass is 361 g/mol. The van der Waals surface area contributed by atoms with E-state index in [1.807, 2.05) is 18.2 Å². The lowest BCUT2D eigenvalue weighted by atomic mass is 9.91. The third-order valence-corrected chi connectivity index (χ3v) is 5.37. The third kappa shape index (κ3) is 4.70. The van der Waals surface area contributed by atoms with Crippen LogP contribution in [-0.2, 0) is 11.3 Å². The number of rotatable bonds is 6. The maximum atomic E-state index is 13.0. The molecule has 3 rings (SSSR count). The van der Waals surface area contributed by atoms with E-state index in [4.69, 9.17) is 9.47 Å². The van der Waals surface area contributed by atoms with Crippen LogP contribution in [0, 0.1) is 5.41 Å². The number of likely N-dealkylation sites (tertiary alicyclic amines) is 1. The Hall–Kier alpha value is -1.75. The van der Waals surface area contributed by atoms with Gasteiger partial charge in [-0.3, -0.25) is 4.79 Å². The molecule has 1 aromatic carbocycles. The number of benzene rings is 1. The smallest absolute Gasteiger partial charge is 0.231 e. The lowest BCUT2D eigenvalue weighted by molar-refractivity contribution is -0.909. The van der Waals surface area contributed by atoms with Crippen molar-refractivity contribution in [2.75, 3.05) is 26.4 Å². The highest BCUT2D eigenvalue weighted by Gasteiger charge is 2.31. The molecule has 5 heteroatoms. The lowest BCUT2D eigenvalue weighted by Gasteiger charge is -2.30. The van der Waals surface area contributed by atoms with Gasteiger partial charge in [0.1, 0.15) is 6.04 Å². The normalized spacial score (nSPS) is 21.8. The highest BCUT2D eigenvalue weighted by Crippen LogP contribution is 2.33. The van der Waals surface area contributed by atoms with Crippen molar-refractivity contribution in [1.29, 1.82) is 0 Å². The zero-order chi connectivity index (χ0) is 18.7. The number of hydrogen-bond acceptors (Lipinski definition) is 3. The van der Waals surface area contributed by atoms with Gasteiger partial charge in [-0.05, 0) is 30.0 Å². The fourth-order valence-corrected chi connectivity index (χ4v) is 4.02. The van der Waals surface area contributed by atoms with E-state index >= 15 is 0 Å². The van der Waals surface area contributed by atoms with Crippen molar-refractivity contribution in [1.82, 2.24) is 4.90 Å². The Morgan fingerprint density at radius 2 is 2.04 bits per heavy atom. The van der Waals surface area contributed by atoms with Crippen LogP contribution in [0.1, 0.15) is 52.5 Å². The van der Waals surface area contributed by atoms with Crippen LogP contribution in [0.15, 0.2) is 18.2 Å². The first-order chi connectivity index (χ1) is 12.4. The number of amides is 1. The molecule has 2 heterocycles. The first-order valence-corrected chi connectivity index (χ1v) is 9.86. The average molecular weight is 362 g/mol. The van der Waals surface area contributed by atoms with E-state index in [0.29, 0.717) is 19.0 Å². The fourth-order valence-electron chi connectivity index (χ4n) is 4.02. The standard InChI is InChI=1S/C21H32N2O3/c1-5-22-10-6-7-17(22)14-23(20(24)12-21(2,3)4)13-16-8-9-18-19(11-16)26-15-25-18/h8-9,11,17H,5-7,10,12-15H2,1-4H3/p+1/t17-/m1/s1. The van der Waals surface area contributed by atoms with Crippen LogP contribution in [0.4, 0.5) is 0 Å². The van der Waals surface area contributed by atoms with Crippen molar-refractivity contribution in [3.8, 4) is 11.5 Å². The van der Waals surface area contributed by atoms with Crippen molar-refractivity contribution in [2.45, 2.75) is 59.5 Å². The van der Waals surface area contributed by atoms with Gasteiger partial charge in [-0.15, -0.1) is 0 Å². The minimum atomic E-state index is -0.00278. The van der Waals surface area contributed by atoms with Crippen molar-refractivity contribution in [2.24, 2.45) is 5.41 Å². The van der Waals surface area contributed by atoms with Gasteiger partial charge in [-0.1, -0.05) is 26.8 Å². The molecular weight excluding hydrogens is 328 g/mol. The maximum absolute atomic E-state index is 13.0. The van der Waals surface area contributed by atoms with Crippen molar-refractivity contribution < 1.29 is 19.2 Å². The van der Waals surface area contributed by atoms with Gasteiger partial charge in [0.25, 0.3) is 0 Å². The molecule has 0 saturated carbocycles. The molecule has 1 aromatic rings. The minimum Gasteiger partial charge on any atom is -0.454 e. The van der Waals surface area contributed by atoms with Gasteiger partial charge in [-0.25, -0.2) is 0 Å². The second kappa shape index (κ2) is 7.87. The van der Waals surface area contributed by atoms with Gasteiger partial charge in [0.15, 0.2) is 11.5 Å². The van der Waals surface area contributed by atoms with Crippen molar-refractivity contribution in [3.05, 3.63) is 23.8 Å². The zero-order valence-corrected chi connectivity index (χ0v) is 16.6. The predicted molar refractivity (Wildman–Crippen MR) is 101 cm³/mol. The Kier molecular flexibility index (Phi) is 5.76. The maximum Gasteiger partial charge on any atom is 0.231 e. The Balaban J connectivity index is 1.74. The molecule has 0 spiro atoms. The second-order valence-electron chi connectivity index (χ2n) is 8.80. The first kappa shape index (κ1) is 19.0. The Bertz CT molecular complexity index is 639. The molecule has 1 N–H and O–H groups in total. The average Bonchev–Trinajstić information content (AvgIpc) is 3.20. The zero-order valence-electron chi connectivity index (χ0n) is 16.6. The largest absolute Gasteiger partial charge is 0.454 e. The fraction of sp³-hybridized carbons (Fsp3) is 0.667. The van der Waals surface area contributed by atoms with Crippen molar-refractivity contribution >= 4 is 5.91 Å². The number of likely N-dealkylation sites (N-methyl/N-ethyl adjacent to an activating group) is 1. The number of fused-ring (bicyclic) bond motifs is 1. The van der Waals surface area contributed by atoms with Crippen LogP contribution in [0.5, 0.6) is 11.5 Å². The Morgan fingerprint density at radius 1 is 1.27 bits per heavy atom. The van der Waals surface area contributed by atoms with E-state index in [9.17, 15) is 4.79 Å². The lowest BCUT2D eigenvalue weighted by Crippen LogP contribution is -3.14. The van der Waals surface area contributed by atoms with Crippen molar-refractivity contribution in [3.63, 3.8) is 0 Å². The first-order valence-electron chi connectivity index (χ1n) is 9.86. The second-order valence-corrected chi connectivity index (χ2v) is 8.80. The van der Waals surface area contributed by atoms with E-state index in [1.54, 1.807) is 4.90 Å². The molecule has 1 fully saturated rings. The molecule has 5 nitrogen and oxygen atoms in total. The number of carbonyl (C=O) groups is 1. The molecule has 2 aliphatic heterocycles. The van der Waals surface area contributed by atoms with E-state index in [2.05, 4.69) is 32.6 Å². The van der Waals surface area contributed by atoms with Gasteiger partial charge >= 0.3 is 0 Å². The highest BCUT2D eigenvalue weighted by atomic mass is 16.7. The van der Waals surface area contributed by atoms with Crippen LogP contribution in [0.3, 0.4) is 0 Å². The van der Waals surface area contributed by atoms with E-state index in [0.717, 1.165) is 30.2 Å². The number of quaternary nitrogens is 1. The van der Waals surface area contributed by atoms with E-state index in [-0.39, 0.29) is 18.1 Å². The van der Waals surface area contributed by atoms with E-state index in [1.165, 1.54) is 19.4 Å². The van der Waals surface area contributed by atoms with Gasteiger partial charge in [0.2, 0.25) is 12.7 Å².